The number of para-hydroxylation sites is 5. The van der Waals surface area contributed by atoms with Crippen molar-refractivity contribution in [2.75, 3.05) is 0 Å². The Labute approximate surface area is 317 Å². The van der Waals surface area contributed by atoms with E-state index in [0.717, 1.165) is 11.4 Å². The van der Waals surface area contributed by atoms with Crippen LogP contribution in [0.1, 0.15) is 0 Å². The number of hydrogen-bond acceptors (Lipinski definition) is 0. The smallest absolute Gasteiger partial charge is 0.0547 e. The fourth-order valence-electron chi connectivity index (χ4n) is 9.15. The number of fused-ring (bicyclic) bond motifs is 10. The molecule has 0 aliphatic heterocycles. The van der Waals surface area contributed by atoms with E-state index < -0.39 is 0 Å². The molecule has 0 spiro atoms. The van der Waals surface area contributed by atoms with Crippen molar-refractivity contribution in [1.82, 2.24) is 13.7 Å². The van der Waals surface area contributed by atoms with E-state index in [0.29, 0.717) is 0 Å². The Bertz CT molecular complexity index is 3460. The summed E-state index contributed by atoms with van der Waals surface area (Å²) in [6, 6.07) is 71.2. The molecular weight excluding hydrogens is 667 g/mol. The standard InChI is InChI=1S/C52H33N3/c1-4-14-37(15-5-1)53-27-26-35-29-43-36(31-51(35)53)30-42(34-24-25-50-46(28-34)40-20-10-12-22-48(40)54(50)38-16-6-2-7-17-38)45-33-52-47(32-44(43)45)41-21-11-13-23-49(41)55(52)39-18-8-3-9-19-39/h1-33H. The summed E-state index contributed by atoms with van der Waals surface area (Å²) in [6.07, 6.45) is 2.20. The van der Waals surface area contributed by atoms with Crippen molar-refractivity contribution in [3.05, 3.63) is 200 Å². The van der Waals surface area contributed by atoms with E-state index >= 15 is 0 Å². The Hall–Kier alpha value is -7.36. The minimum Gasteiger partial charge on any atom is -0.317 e. The third-order valence-corrected chi connectivity index (χ3v) is 11.6. The van der Waals surface area contributed by atoms with E-state index in [9.17, 15) is 0 Å². The molecule has 0 aliphatic carbocycles. The van der Waals surface area contributed by atoms with Gasteiger partial charge in [-0.3, -0.25) is 0 Å². The van der Waals surface area contributed by atoms with Crippen LogP contribution in [0, 0.1) is 0 Å². The molecule has 3 heteroatoms. The molecule has 12 rings (SSSR count). The van der Waals surface area contributed by atoms with Crippen LogP contribution in [0.3, 0.4) is 0 Å². The van der Waals surface area contributed by atoms with Gasteiger partial charge in [0.25, 0.3) is 0 Å². The van der Waals surface area contributed by atoms with Gasteiger partial charge in [-0.2, -0.15) is 0 Å². The van der Waals surface area contributed by atoms with Crippen molar-refractivity contribution in [1.29, 1.82) is 0 Å². The number of aromatic nitrogens is 3. The van der Waals surface area contributed by atoms with E-state index in [1.165, 1.54) is 92.9 Å². The Morgan fingerprint density at radius 3 is 1.51 bits per heavy atom. The summed E-state index contributed by atoms with van der Waals surface area (Å²) in [4.78, 5) is 0. The number of nitrogens with zero attached hydrogens (tertiary/aromatic N) is 3. The first-order valence-corrected chi connectivity index (χ1v) is 18.9. The van der Waals surface area contributed by atoms with Gasteiger partial charge in [-0.15, -0.1) is 0 Å². The van der Waals surface area contributed by atoms with E-state index in [4.69, 9.17) is 0 Å². The lowest BCUT2D eigenvalue weighted by molar-refractivity contribution is 1.13. The van der Waals surface area contributed by atoms with Crippen molar-refractivity contribution in [3.8, 4) is 28.2 Å². The maximum atomic E-state index is 2.46. The van der Waals surface area contributed by atoms with Crippen molar-refractivity contribution >= 4 is 76.1 Å². The monoisotopic (exact) mass is 699 g/mol. The first kappa shape index (κ1) is 30.1. The highest BCUT2D eigenvalue weighted by Gasteiger charge is 2.19. The molecule has 0 unspecified atom stereocenters. The highest BCUT2D eigenvalue weighted by molar-refractivity contribution is 6.23. The molecule has 0 fully saturated rings. The first-order chi connectivity index (χ1) is 27.3. The molecule has 12 aromatic rings. The number of rotatable bonds is 4. The van der Waals surface area contributed by atoms with Gasteiger partial charge in [0.15, 0.2) is 0 Å². The summed E-state index contributed by atoms with van der Waals surface area (Å²) in [6.45, 7) is 0. The molecule has 0 aliphatic rings. The minimum absolute atomic E-state index is 1.16. The zero-order valence-electron chi connectivity index (χ0n) is 29.9. The molecule has 0 saturated carbocycles. The van der Waals surface area contributed by atoms with Crippen LogP contribution in [-0.2, 0) is 0 Å². The molecule has 0 radical (unpaired) electrons. The van der Waals surface area contributed by atoms with E-state index in [1.54, 1.807) is 0 Å². The van der Waals surface area contributed by atoms with Gasteiger partial charge in [0.1, 0.15) is 0 Å². The predicted octanol–water partition coefficient (Wildman–Crippen LogP) is 13.8. The number of benzene rings is 9. The molecule has 0 bridgehead atoms. The summed E-state index contributed by atoms with van der Waals surface area (Å²) in [5, 5.41) is 11.2. The molecule has 3 heterocycles. The Balaban J connectivity index is 1.21. The van der Waals surface area contributed by atoms with Crippen LogP contribution < -0.4 is 0 Å². The molecule has 9 aromatic carbocycles. The normalized spacial score (nSPS) is 12.0. The minimum atomic E-state index is 1.16. The molecule has 0 amide bonds. The van der Waals surface area contributed by atoms with Crippen LogP contribution >= 0.6 is 0 Å². The quantitative estimate of drug-likeness (QED) is 0.162. The van der Waals surface area contributed by atoms with Crippen LogP contribution in [0.4, 0.5) is 0 Å². The van der Waals surface area contributed by atoms with Crippen molar-refractivity contribution in [2.24, 2.45) is 0 Å². The van der Waals surface area contributed by atoms with E-state index in [-0.39, 0.29) is 0 Å². The maximum Gasteiger partial charge on any atom is 0.0547 e. The molecule has 0 N–H and O–H groups in total. The molecule has 3 nitrogen and oxygen atoms in total. The lowest BCUT2D eigenvalue weighted by Gasteiger charge is -2.15. The Morgan fingerprint density at radius 1 is 0.273 bits per heavy atom. The van der Waals surface area contributed by atoms with Crippen LogP contribution in [-0.4, -0.2) is 13.7 Å². The van der Waals surface area contributed by atoms with E-state index in [2.05, 4.69) is 214 Å². The zero-order chi connectivity index (χ0) is 36.0. The highest BCUT2D eigenvalue weighted by atomic mass is 15.0. The largest absolute Gasteiger partial charge is 0.317 e. The second kappa shape index (κ2) is 11.6. The second-order valence-electron chi connectivity index (χ2n) is 14.6. The second-order valence-corrected chi connectivity index (χ2v) is 14.6. The SMILES string of the molecule is c1ccc(-n2ccc3cc4c(cc(-c5ccc6c(c5)c5ccccc5n6-c5ccccc5)c5cc6c(cc54)c4ccccc4n6-c4ccccc4)cc32)cc1. The van der Waals surface area contributed by atoms with E-state index in [1.807, 2.05) is 0 Å². The molecule has 0 atom stereocenters. The van der Waals surface area contributed by atoms with Crippen molar-refractivity contribution in [3.63, 3.8) is 0 Å². The molecule has 3 aromatic heterocycles. The Kier molecular flexibility index (Phi) is 6.34. The molecule has 55 heavy (non-hydrogen) atoms. The lowest BCUT2D eigenvalue weighted by Crippen LogP contribution is -1.94. The van der Waals surface area contributed by atoms with Crippen LogP contribution in [0.5, 0.6) is 0 Å². The molecular formula is C52H33N3. The highest BCUT2D eigenvalue weighted by Crippen LogP contribution is 2.43. The Morgan fingerprint density at radius 2 is 0.836 bits per heavy atom. The third-order valence-electron chi connectivity index (χ3n) is 11.6. The first-order valence-electron chi connectivity index (χ1n) is 18.9. The van der Waals surface area contributed by atoms with Crippen molar-refractivity contribution in [2.45, 2.75) is 0 Å². The van der Waals surface area contributed by atoms with Gasteiger partial charge >= 0.3 is 0 Å². The summed E-state index contributed by atoms with van der Waals surface area (Å²) in [5.74, 6) is 0. The van der Waals surface area contributed by atoms with Gasteiger partial charge in [-0.25, -0.2) is 0 Å². The summed E-state index contributed by atoms with van der Waals surface area (Å²) in [7, 11) is 0. The zero-order valence-corrected chi connectivity index (χ0v) is 29.9. The fourth-order valence-corrected chi connectivity index (χ4v) is 9.15. The average molecular weight is 700 g/mol. The van der Waals surface area contributed by atoms with Gasteiger partial charge in [0.05, 0.1) is 27.6 Å². The van der Waals surface area contributed by atoms with Gasteiger partial charge < -0.3 is 13.7 Å². The van der Waals surface area contributed by atoms with Crippen LogP contribution in [0.2, 0.25) is 0 Å². The summed E-state index contributed by atoms with van der Waals surface area (Å²) >= 11 is 0. The van der Waals surface area contributed by atoms with Crippen LogP contribution in [0.25, 0.3) is 104 Å². The molecule has 0 saturated heterocycles. The average Bonchev–Trinajstić information content (AvgIpc) is 3.92. The number of hydrogen-bond donors (Lipinski definition) is 0. The van der Waals surface area contributed by atoms with Gasteiger partial charge in [0, 0.05) is 50.2 Å². The maximum absolute atomic E-state index is 2.46. The van der Waals surface area contributed by atoms with Gasteiger partial charge in [-0.05, 0) is 130 Å². The predicted molar refractivity (Wildman–Crippen MR) is 232 cm³/mol. The summed E-state index contributed by atoms with van der Waals surface area (Å²) < 4.78 is 7.13. The third kappa shape index (κ3) is 4.44. The fraction of sp³-hybridized carbons (Fsp3) is 0. The van der Waals surface area contributed by atoms with Gasteiger partial charge in [0.2, 0.25) is 0 Å². The van der Waals surface area contributed by atoms with Gasteiger partial charge in [-0.1, -0.05) is 97.1 Å². The summed E-state index contributed by atoms with van der Waals surface area (Å²) in [5.41, 5.74) is 12.0. The van der Waals surface area contributed by atoms with Crippen molar-refractivity contribution < 1.29 is 0 Å². The topological polar surface area (TPSA) is 14.8 Å². The lowest BCUT2D eigenvalue weighted by atomic mass is 9.91. The molecule has 256 valence electrons. The van der Waals surface area contributed by atoms with Crippen LogP contribution in [0.15, 0.2) is 200 Å².